The van der Waals surface area contributed by atoms with Crippen LogP contribution < -0.4 is 4.74 Å². The minimum Gasteiger partial charge on any atom is -0.462 e. The maximum atomic E-state index is 13.0. The van der Waals surface area contributed by atoms with Gasteiger partial charge in [-0.15, -0.1) is 0 Å². The molecule has 2 heterocycles. The van der Waals surface area contributed by atoms with Crippen LogP contribution in [0.3, 0.4) is 0 Å². The third kappa shape index (κ3) is 5.56. The average Bonchev–Trinajstić information content (AvgIpc) is 3.36. The molecule has 1 aromatic carbocycles. The van der Waals surface area contributed by atoms with E-state index < -0.39 is 61.4 Å². The van der Waals surface area contributed by atoms with Gasteiger partial charge in [0.2, 0.25) is 6.29 Å². The number of ether oxygens (including phenoxy) is 4. The third-order valence-corrected chi connectivity index (χ3v) is 8.66. The molecule has 11 nitrogen and oxygen atoms in total. The van der Waals surface area contributed by atoms with E-state index in [9.17, 15) is 34.8 Å². The van der Waals surface area contributed by atoms with Crippen LogP contribution in [-0.2, 0) is 35.0 Å². The predicted molar refractivity (Wildman–Crippen MR) is 141 cm³/mol. The molecular weight excluding hydrogens is 536 g/mol. The average molecular weight is 573 g/mol. The van der Waals surface area contributed by atoms with Crippen LogP contribution in [0.5, 0.6) is 5.75 Å². The van der Waals surface area contributed by atoms with Crippen LogP contribution in [0.4, 0.5) is 0 Å². The first-order chi connectivity index (χ1) is 19.5. The van der Waals surface area contributed by atoms with E-state index >= 15 is 0 Å². The summed E-state index contributed by atoms with van der Waals surface area (Å²) in [5.74, 6) is -1.68. The minimum atomic E-state index is -1.54. The number of carbonyl (C=O) groups is 3. The number of rotatable bonds is 7. The predicted octanol–water partition coefficient (Wildman–Crippen LogP) is 0.753. The topological polar surface area (TPSA) is 169 Å². The van der Waals surface area contributed by atoms with Crippen molar-refractivity contribution in [1.82, 2.24) is 0 Å². The molecule has 0 bridgehead atoms. The number of benzene rings is 1. The molecule has 0 spiro atoms. The molecule has 1 unspecified atom stereocenters. The van der Waals surface area contributed by atoms with E-state index in [2.05, 4.69) is 0 Å². The van der Waals surface area contributed by atoms with Crippen molar-refractivity contribution in [3.8, 4) is 5.75 Å². The van der Waals surface area contributed by atoms with Crippen LogP contribution in [0.15, 0.2) is 47.1 Å². The molecule has 222 valence electrons. The largest absolute Gasteiger partial charge is 0.462 e. The van der Waals surface area contributed by atoms with E-state index in [-0.39, 0.29) is 30.0 Å². The lowest BCUT2D eigenvalue weighted by Gasteiger charge is -2.39. The summed E-state index contributed by atoms with van der Waals surface area (Å²) in [6.45, 7) is 4.95. The van der Waals surface area contributed by atoms with Crippen LogP contribution in [0.25, 0.3) is 0 Å². The third-order valence-electron chi connectivity index (χ3n) is 8.66. The maximum absolute atomic E-state index is 13.0. The van der Waals surface area contributed by atoms with E-state index in [1.807, 2.05) is 13.8 Å². The first-order valence-electron chi connectivity index (χ1n) is 13.9. The molecule has 4 N–H and O–H groups in total. The highest BCUT2D eigenvalue weighted by Crippen LogP contribution is 2.48. The van der Waals surface area contributed by atoms with Crippen molar-refractivity contribution in [3.63, 3.8) is 0 Å². The van der Waals surface area contributed by atoms with Crippen molar-refractivity contribution in [3.05, 3.63) is 52.6 Å². The van der Waals surface area contributed by atoms with Crippen LogP contribution >= 0.6 is 0 Å². The van der Waals surface area contributed by atoms with Gasteiger partial charge in [-0.05, 0) is 44.0 Å². The molecule has 0 saturated carbocycles. The molecule has 4 aliphatic rings. The fourth-order valence-electron chi connectivity index (χ4n) is 6.42. The van der Waals surface area contributed by atoms with Crippen molar-refractivity contribution in [2.75, 3.05) is 6.61 Å². The van der Waals surface area contributed by atoms with E-state index in [0.717, 1.165) is 16.7 Å². The zero-order valence-corrected chi connectivity index (χ0v) is 23.1. The summed E-state index contributed by atoms with van der Waals surface area (Å²) >= 11 is 0. The van der Waals surface area contributed by atoms with Gasteiger partial charge in [0.15, 0.2) is 5.78 Å². The zero-order chi connectivity index (χ0) is 29.6. The number of hydrogen-bond donors (Lipinski definition) is 4. The van der Waals surface area contributed by atoms with Crippen molar-refractivity contribution < 1.29 is 53.8 Å². The number of esters is 2. The summed E-state index contributed by atoms with van der Waals surface area (Å²) in [7, 11) is 0. The van der Waals surface area contributed by atoms with Crippen molar-refractivity contribution in [2.24, 2.45) is 17.8 Å². The normalized spacial score (nSPS) is 36.7. The Balaban J connectivity index is 1.20. The number of aliphatic hydroxyl groups is 4. The molecule has 41 heavy (non-hydrogen) atoms. The molecular formula is C30H36O11. The fourth-order valence-corrected chi connectivity index (χ4v) is 6.42. The van der Waals surface area contributed by atoms with E-state index in [4.69, 9.17) is 18.9 Å². The van der Waals surface area contributed by atoms with Gasteiger partial charge >= 0.3 is 11.9 Å². The lowest BCUT2D eigenvalue weighted by Crippen LogP contribution is -2.60. The summed E-state index contributed by atoms with van der Waals surface area (Å²) in [6, 6.07) is 6.69. The Morgan fingerprint density at radius 3 is 2.44 bits per heavy atom. The van der Waals surface area contributed by atoms with Gasteiger partial charge in [-0.1, -0.05) is 30.2 Å². The van der Waals surface area contributed by atoms with E-state index in [0.29, 0.717) is 24.2 Å². The standard InChI is InChI=1S/C30H36O11/c1-13-10-18(32)22-14(2)11-19(24-15(3)29(37)41-28(24)23(13)22)39-21(33)9-6-16-4-7-17(8-5-16)38-30-27(36)26(35)25(34)20(12-31)40-30/h4-5,7-8,10,15,19-20,23-28,30-31,34-36H,6,9,11-12H2,1-3H3/t15-,19-,20+,23-,24?,25+,26-,27+,28+,30+/m0/s1. The summed E-state index contributed by atoms with van der Waals surface area (Å²) in [5, 5.41) is 39.4. The number of fused-ring (bicyclic) bond motifs is 3. The molecule has 0 radical (unpaired) electrons. The smallest absolute Gasteiger partial charge is 0.309 e. The van der Waals surface area contributed by atoms with E-state index in [1.54, 1.807) is 37.3 Å². The summed E-state index contributed by atoms with van der Waals surface area (Å²) in [4.78, 5) is 38.2. The second-order valence-corrected chi connectivity index (χ2v) is 11.4. The van der Waals surface area contributed by atoms with E-state index in [1.165, 1.54) is 0 Å². The number of allylic oxidation sites excluding steroid dienone is 1. The molecule has 2 aliphatic carbocycles. The Bertz CT molecular complexity index is 1250. The van der Waals surface area contributed by atoms with Gasteiger partial charge < -0.3 is 39.4 Å². The Hall–Kier alpha value is -3.09. The Morgan fingerprint density at radius 2 is 1.76 bits per heavy atom. The highest BCUT2D eigenvalue weighted by atomic mass is 16.7. The Morgan fingerprint density at radius 1 is 1.05 bits per heavy atom. The second kappa shape index (κ2) is 11.7. The Labute approximate surface area is 237 Å². The first kappa shape index (κ1) is 29.4. The molecule has 2 aliphatic heterocycles. The molecule has 0 amide bonds. The lowest BCUT2D eigenvalue weighted by molar-refractivity contribution is -0.277. The SMILES string of the molecule is CC1=CC(=O)C2=C(C)C[C@H](OC(=O)CCc3ccc(O[C@@H]4O[C@H](CO)[C@@H](O)[C@H](O)[C@H]4O)cc3)C3[C@H](C)C(=O)O[C@@H]3[C@@H]12. The monoisotopic (exact) mass is 572 g/mol. The number of ketones is 1. The number of aliphatic hydroxyl groups excluding tert-OH is 4. The van der Waals surface area contributed by atoms with Crippen LogP contribution in [0, 0.1) is 17.8 Å². The minimum absolute atomic E-state index is 0.0784. The van der Waals surface area contributed by atoms with Crippen LogP contribution in [-0.4, -0.2) is 87.7 Å². The second-order valence-electron chi connectivity index (χ2n) is 11.4. The van der Waals surface area contributed by atoms with Crippen molar-refractivity contribution >= 4 is 17.7 Å². The first-order valence-corrected chi connectivity index (χ1v) is 13.9. The van der Waals surface area contributed by atoms with Crippen molar-refractivity contribution in [1.29, 1.82) is 0 Å². The number of hydrogen-bond acceptors (Lipinski definition) is 11. The van der Waals surface area contributed by atoms with Gasteiger partial charge in [0.05, 0.1) is 12.5 Å². The van der Waals surface area contributed by atoms with Gasteiger partial charge in [-0.25, -0.2) is 0 Å². The summed E-state index contributed by atoms with van der Waals surface area (Å²) < 4.78 is 22.7. The highest BCUT2D eigenvalue weighted by molar-refractivity contribution is 6.09. The van der Waals surface area contributed by atoms with Gasteiger partial charge in [-0.3, -0.25) is 14.4 Å². The summed E-state index contributed by atoms with van der Waals surface area (Å²) in [5.41, 5.74) is 3.16. The number of aryl methyl sites for hydroxylation is 1. The zero-order valence-electron chi connectivity index (χ0n) is 23.1. The van der Waals surface area contributed by atoms with Gasteiger partial charge in [0.1, 0.15) is 42.4 Å². The quantitative estimate of drug-likeness (QED) is 0.340. The molecule has 2 fully saturated rings. The maximum Gasteiger partial charge on any atom is 0.309 e. The molecule has 1 aromatic rings. The van der Waals surface area contributed by atoms with Crippen LogP contribution in [0.1, 0.15) is 39.2 Å². The van der Waals surface area contributed by atoms with Gasteiger partial charge in [0, 0.05) is 30.3 Å². The lowest BCUT2D eigenvalue weighted by atomic mass is 9.79. The van der Waals surface area contributed by atoms with Crippen LogP contribution in [0.2, 0.25) is 0 Å². The fraction of sp³-hybridized carbons (Fsp3) is 0.567. The highest BCUT2D eigenvalue weighted by Gasteiger charge is 2.55. The molecule has 10 atom stereocenters. The van der Waals surface area contributed by atoms with Gasteiger partial charge in [0.25, 0.3) is 0 Å². The Kier molecular flexibility index (Phi) is 8.36. The molecule has 5 rings (SSSR count). The van der Waals surface area contributed by atoms with Gasteiger partial charge in [-0.2, -0.15) is 0 Å². The summed E-state index contributed by atoms with van der Waals surface area (Å²) in [6.07, 6.45) is -5.66. The van der Waals surface area contributed by atoms with Crippen molar-refractivity contribution in [2.45, 2.75) is 82.9 Å². The molecule has 0 aromatic heterocycles. The number of carbonyl (C=O) groups excluding carboxylic acids is 3. The molecule has 2 saturated heterocycles. The molecule has 11 heteroatoms.